The van der Waals surface area contributed by atoms with Gasteiger partial charge in [0.05, 0.1) is 0 Å². The molecule has 1 nitrogen and oxygen atoms in total. The van der Waals surface area contributed by atoms with E-state index in [-0.39, 0.29) is 0 Å². The van der Waals surface area contributed by atoms with E-state index in [4.69, 9.17) is 4.74 Å². The second-order valence-corrected chi connectivity index (χ2v) is 7.56. The first-order valence-electron chi connectivity index (χ1n) is 8.36. The Bertz CT molecular complexity index is 865. The molecule has 0 saturated carbocycles. The minimum absolute atomic E-state index is 0.568. The quantitative estimate of drug-likeness (QED) is 0.415. The van der Waals surface area contributed by atoms with Crippen molar-refractivity contribution in [3.8, 4) is 11.5 Å². The van der Waals surface area contributed by atoms with Gasteiger partial charge in [0.25, 0.3) is 0 Å². The number of hydrogen-bond donors (Lipinski definition) is 0. The maximum absolute atomic E-state index is 6.09. The second-order valence-electron chi connectivity index (χ2n) is 6.45. The summed E-state index contributed by atoms with van der Waals surface area (Å²) in [5.74, 6) is 2.53. The fourth-order valence-corrected chi connectivity index (χ4v) is 3.99. The summed E-state index contributed by atoms with van der Waals surface area (Å²) in [6.07, 6.45) is 0.929. The molecule has 3 aromatic rings. The summed E-state index contributed by atoms with van der Waals surface area (Å²) in [6, 6.07) is 23.5. The maximum Gasteiger partial charge on any atom is 0.132 e. The van der Waals surface area contributed by atoms with Crippen molar-refractivity contribution in [3.05, 3.63) is 83.4 Å². The molecule has 0 aromatic heterocycles. The summed E-state index contributed by atoms with van der Waals surface area (Å²) in [4.78, 5) is 2.55. The molecule has 24 heavy (non-hydrogen) atoms. The van der Waals surface area contributed by atoms with Gasteiger partial charge in [-0.15, -0.1) is 0 Å². The highest BCUT2D eigenvalue weighted by Gasteiger charge is 2.19. The molecule has 4 rings (SSSR count). The number of rotatable bonds is 3. The van der Waals surface area contributed by atoms with Gasteiger partial charge in [0, 0.05) is 21.8 Å². The standard InChI is InChI=1S/C22H20OS/c1-15(2)16-10-12-18(13-11-16)24-22-9-5-8-21-19(22)14-17-6-3-4-7-20(17)23-21/h3-13,15H,14H2,1-2H3. The summed E-state index contributed by atoms with van der Waals surface area (Å²) in [5, 5.41) is 0. The van der Waals surface area contributed by atoms with E-state index in [2.05, 4.69) is 68.4 Å². The third-order valence-electron chi connectivity index (χ3n) is 4.42. The predicted octanol–water partition coefficient (Wildman–Crippen LogP) is 6.66. The van der Waals surface area contributed by atoms with Gasteiger partial charge < -0.3 is 4.74 Å². The molecule has 1 aliphatic heterocycles. The van der Waals surface area contributed by atoms with Crippen LogP contribution in [0.15, 0.2) is 76.5 Å². The molecule has 1 aliphatic rings. The molecule has 0 amide bonds. The van der Waals surface area contributed by atoms with Gasteiger partial charge in [0.2, 0.25) is 0 Å². The monoisotopic (exact) mass is 332 g/mol. The van der Waals surface area contributed by atoms with E-state index in [1.54, 1.807) is 0 Å². The summed E-state index contributed by atoms with van der Waals surface area (Å²) in [7, 11) is 0. The first-order chi connectivity index (χ1) is 11.7. The molecule has 1 heterocycles. The smallest absolute Gasteiger partial charge is 0.132 e. The molecule has 120 valence electrons. The minimum atomic E-state index is 0.568. The summed E-state index contributed by atoms with van der Waals surface area (Å²) < 4.78 is 6.09. The number of hydrogen-bond acceptors (Lipinski definition) is 2. The van der Waals surface area contributed by atoms with Gasteiger partial charge in [-0.05, 0) is 47.4 Å². The van der Waals surface area contributed by atoms with Crippen LogP contribution in [0, 0.1) is 0 Å². The Hall–Kier alpha value is -2.19. The van der Waals surface area contributed by atoms with E-state index in [0.29, 0.717) is 5.92 Å². The molecule has 0 atom stereocenters. The van der Waals surface area contributed by atoms with Crippen LogP contribution in [0.25, 0.3) is 0 Å². The number of ether oxygens (including phenoxy) is 1. The maximum atomic E-state index is 6.09. The lowest BCUT2D eigenvalue weighted by Crippen LogP contribution is -2.03. The topological polar surface area (TPSA) is 9.23 Å². The minimum Gasteiger partial charge on any atom is -0.457 e. The highest BCUT2D eigenvalue weighted by atomic mass is 32.2. The van der Waals surface area contributed by atoms with E-state index in [9.17, 15) is 0 Å². The Morgan fingerprint density at radius 3 is 2.38 bits per heavy atom. The molecular formula is C22H20OS. The Kier molecular flexibility index (Phi) is 4.07. The zero-order valence-corrected chi connectivity index (χ0v) is 14.8. The summed E-state index contributed by atoms with van der Waals surface area (Å²) in [5.41, 5.74) is 3.93. The number of benzene rings is 3. The summed E-state index contributed by atoms with van der Waals surface area (Å²) in [6.45, 7) is 4.45. The van der Waals surface area contributed by atoms with Crippen molar-refractivity contribution in [2.45, 2.75) is 36.0 Å². The lowest BCUT2D eigenvalue weighted by atomic mass is 10.0. The van der Waals surface area contributed by atoms with Crippen molar-refractivity contribution < 1.29 is 4.74 Å². The molecule has 0 fully saturated rings. The highest BCUT2D eigenvalue weighted by molar-refractivity contribution is 7.99. The second kappa shape index (κ2) is 6.37. The van der Waals surface area contributed by atoms with Gasteiger partial charge in [-0.2, -0.15) is 0 Å². The summed E-state index contributed by atoms with van der Waals surface area (Å²) >= 11 is 1.82. The first kappa shape index (κ1) is 15.3. The Morgan fingerprint density at radius 2 is 1.58 bits per heavy atom. The van der Waals surface area contributed by atoms with Crippen molar-refractivity contribution in [2.75, 3.05) is 0 Å². The Labute approximate surface area is 147 Å². The SMILES string of the molecule is CC(C)c1ccc(Sc2cccc3c2Cc2ccccc2O3)cc1. The zero-order valence-electron chi connectivity index (χ0n) is 14.0. The van der Waals surface area contributed by atoms with Crippen LogP contribution in [0.2, 0.25) is 0 Å². The van der Waals surface area contributed by atoms with Crippen LogP contribution in [0.3, 0.4) is 0 Å². The van der Waals surface area contributed by atoms with Gasteiger partial charge in [-0.3, -0.25) is 0 Å². The van der Waals surface area contributed by atoms with Crippen molar-refractivity contribution in [1.82, 2.24) is 0 Å². The molecule has 2 heteroatoms. The van der Waals surface area contributed by atoms with Gasteiger partial charge in [-0.25, -0.2) is 0 Å². The molecule has 0 radical (unpaired) electrons. The molecule has 3 aromatic carbocycles. The molecule has 0 saturated heterocycles. The highest BCUT2D eigenvalue weighted by Crippen LogP contribution is 2.42. The lowest BCUT2D eigenvalue weighted by molar-refractivity contribution is 0.457. The van der Waals surface area contributed by atoms with Crippen molar-refractivity contribution in [3.63, 3.8) is 0 Å². The average molecular weight is 332 g/mol. The Morgan fingerprint density at radius 1 is 0.833 bits per heavy atom. The zero-order chi connectivity index (χ0) is 16.5. The van der Waals surface area contributed by atoms with Gasteiger partial charge >= 0.3 is 0 Å². The third kappa shape index (κ3) is 2.94. The van der Waals surface area contributed by atoms with Crippen molar-refractivity contribution in [1.29, 1.82) is 0 Å². The van der Waals surface area contributed by atoms with E-state index in [0.717, 1.165) is 17.9 Å². The molecule has 0 N–H and O–H groups in total. The van der Waals surface area contributed by atoms with E-state index in [1.807, 2.05) is 23.9 Å². The predicted molar refractivity (Wildman–Crippen MR) is 100 cm³/mol. The normalized spacial score (nSPS) is 12.5. The van der Waals surface area contributed by atoms with E-state index >= 15 is 0 Å². The van der Waals surface area contributed by atoms with Crippen molar-refractivity contribution >= 4 is 11.8 Å². The van der Waals surface area contributed by atoms with Gasteiger partial charge in [0.15, 0.2) is 0 Å². The van der Waals surface area contributed by atoms with Crippen LogP contribution < -0.4 is 4.74 Å². The fraction of sp³-hybridized carbons (Fsp3) is 0.182. The number of fused-ring (bicyclic) bond motifs is 2. The van der Waals surface area contributed by atoms with Crippen LogP contribution in [0.1, 0.15) is 36.5 Å². The molecule has 0 bridgehead atoms. The third-order valence-corrected chi connectivity index (χ3v) is 5.53. The van der Waals surface area contributed by atoms with Crippen LogP contribution in [-0.4, -0.2) is 0 Å². The van der Waals surface area contributed by atoms with Crippen molar-refractivity contribution in [2.24, 2.45) is 0 Å². The lowest BCUT2D eigenvalue weighted by Gasteiger charge is -2.22. The Balaban J connectivity index is 1.64. The van der Waals surface area contributed by atoms with Crippen LogP contribution in [-0.2, 0) is 6.42 Å². The fourth-order valence-electron chi connectivity index (χ4n) is 3.02. The molecule has 0 unspecified atom stereocenters. The first-order valence-corrected chi connectivity index (χ1v) is 9.18. The average Bonchev–Trinajstić information content (AvgIpc) is 2.61. The largest absolute Gasteiger partial charge is 0.457 e. The van der Waals surface area contributed by atoms with Crippen LogP contribution in [0.4, 0.5) is 0 Å². The molecular weight excluding hydrogens is 312 g/mol. The number of para-hydroxylation sites is 1. The molecule has 0 spiro atoms. The van der Waals surface area contributed by atoms with E-state index < -0.39 is 0 Å². The molecule has 0 aliphatic carbocycles. The van der Waals surface area contributed by atoms with Crippen LogP contribution in [0.5, 0.6) is 11.5 Å². The van der Waals surface area contributed by atoms with Gasteiger partial charge in [-0.1, -0.05) is 62.0 Å². The van der Waals surface area contributed by atoms with E-state index in [1.165, 1.54) is 26.5 Å². The van der Waals surface area contributed by atoms with Gasteiger partial charge in [0.1, 0.15) is 11.5 Å². The van der Waals surface area contributed by atoms with Crippen LogP contribution >= 0.6 is 11.8 Å².